The second-order valence-corrected chi connectivity index (χ2v) is 6.98. The van der Waals surface area contributed by atoms with Crippen LogP contribution in [0.3, 0.4) is 0 Å². The van der Waals surface area contributed by atoms with Gasteiger partial charge in [0, 0.05) is 18.6 Å². The number of hydrogen-bond acceptors (Lipinski definition) is 6. The number of unbranched alkanes of at least 4 members (excludes halogenated alkanes) is 2. The molecule has 0 rings (SSSR count). The van der Waals surface area contributed by atoms with Crippen LogP contribution in [-0.2, 0) is 10.1 Å². The van der Waals surface area contributed by atoms with Crippen LogP contribution >= 0.6 is 0 Å². The van der Waals surface area contributed by atoms with E-state index in [1.165, 1.54) is 0 Å². The van der Waals surface area contributed by atoms with E-state index in [1.807, 2.05) is 13.8 Å². The molecule has 0 aliphatic heterocycles. The third-order valence-corrected chi connectivity index (χ3v) is 4.42. The smallest absolute Gasteiger partial charge is 0.748 e. The van der Waals surface area contributed by atoms with E-state index < -0.39 is 15.9 Å². The molecule has 128 valence electrons. The summed E-state index contributed by atoms with van der Waals surface area (Å²) in [6.45, 7) is 3.96. The third kappa shape index (κ3) is 11.3. The molecule has 2 unspecified atom stereocenters. The van der Waals surface area contributed by atoms with Gasteiger partial charge in [-0.15, -0.1) is 0 Å². The van der Waals surface area contributed by atoms with Crippen molar-refractivity contribution in [3.05, 3.63) is 0 Å². The zero-order chi connectivity index (χ0) is 16.3. The van der Waals surface area contributed by atoms with Crippen LogP contribution < -0.4 is 29.6 Å². The third-order valence-electron chi connectivity index (χ3n) is 3.74. The van der Waals surface area contributed by atoms with Gasteiger partial charge in [-0.05, 0) is 12.8 Å². The largest absolute Gasteiger partial charge is 1.00 e. The second-order valence-electron chi connectivity index (χ2n) is 5.46. The van der Waals surface area contributed by atoms with Crippen molar-refractivity contribution in [2.45, 2.75) is 64.5 Å². The molecule has 0 saturated heterocycles. The summed E-state index contributed by atoms with van der Waals surface area (Å²) >= 11 is 0. The van der Waals surface area contributed by atoms with E-state index in [9.17, 15) is 23.2 Å². The molecule has 22 heavy (non-hydrogen) atoms. The molecule has 0 spiro atoms. The normalized spacial score (nSPS) is 14.6. The summed E-state index contributed by atoms with van der Waals surface area (Å²) in [7, 11) is -4.30. The van der Waals surface area contributed by atoms with Gasteiger partial charge in [0.05, 0.1) is 29.1 Å². The fraction of sp³-hybridized carbons (Fsp3) is 1.00. The average Bonchev–Trinajstić information content (AvgIpc) is 2.43. The van der Waals surface area contributed by atoms with Crippen LogP contribution in [0.25, 0.3) is 0 Å². The topological polar surface area (TPSA) is 101 Å². The van der Waals surface area contributed by atoms with Crippen molar-refractivity contribution in [2.75, 3.05) is 25.5 Å². The maximum atomic E-state index is 10.9. The predicted molar refractivity (Wildman–Crippen MR) is 82.1 cm³/mol. The van der Waals surface area contributed by atoms with Gasteiger partial charge in [0.2, 0.25) is 0 Å². The van der Waals surface area contributed by atoms with E-state index in [4.69, 9.17) is 0 Å². The molecule has 8 heteroatoms. The van der Waals surface area contributed by atoms with E-state index in [2.05, 4.69) is 0 Å². The van der Waals surface area contributed by atoms with Gasteiger partial charge < -0.3 is 14.8 Å². The summed E-state index contributed by atoms with van der Waals surface area (Å²) < 4.78 is 32.6. The van der Waals surface area contributed by atoms with E-state index in [1.54, 1.807) is 4.90 Å². The van der Waals surface area contributed by atoms with E-state index in [0.29, 0.717) is 0 Å². The Kier molecular flexibility index (Phi) is 16.1. The summed E-state index contributed by atoms with van der Waals surface area (Å²) in [5, 5.41) is 19.1. The van der Waals surface area contributed by atoms with Crippen LogP contribution in [0.1, 0.15) is 52.4 Å². The Labute approximate surface area is 157 Å². The number of aliphatic hydroxyl groups is 2. The maximum Gasteiger partial charge on any atom is 1.00 e. The molecule has 0 aliphatic carbocycles. The summed E-state index contributed by atoms with van der Waals surface area (Å²) in [6.07, 6.45) is 5.24. The van der Waals surface area contributed by atoms with Gasteiger partial charge in [-0.2, -0.15) is 0 Å². The minimum absolute atomic E-state index is 0. The summed E-state index contributed by atoms with van der Waals surface area (Å²) in [6, 6.07) is -0.415. The zero-order valence-corrected chi connectivity index (χ0v) is 17.0. The van der Waals surface area contributed by atoms with E-state index in [0.717, 1.165) is 38.5 Å². The molecule has 0 aromatic carbocycles. The van der Waals surface area contributed by atoms with Crippen molar-refractivity contribution in [2.24, 2.45) is 0 Å². The minimum Gasteiger partial charge on any atom is -0.748 e. The monoisotopic (exact) mass is 347 g/mol. The first-order valence-electron chi connectivity index (χ1n) is 7.80. The molecule has 0 fully saturated rings. The van der Waals surface area contributed by atoms with Crippen LogP contribution in [0.15, 0.2) is 0 Å². The average molecular weight is 347 g/mol. The quantitative estimate of drug-likeness (QED) is 0.293. The number of aliphatic hydroxyl groups excluding tert-OH is 2. The molecule has 6 nitrogen and oxygen atoms in total. The molecular weight excluding hydrogens is 317 g/mol. The number of nitrogens with zero attached hydrogens (tertiary/aromatic N) is 1. The van der Waals surface area contributed by atoms with Crippen LogP contribution in [0.5, 0.6) is 0 Å². The molecule has 0 heterocycles. The summed E-state index contributed by atoms with van der Waals surface area (Å²) in [5.41, 5.74) is 0. The molecule has 0 aliphatic rings. The molecule has 0 amide bonds. The molecular formula is C14H30NNaO5S. The van der Waals surface area contributed by atoms with Gasteiger partial charge in [-0.1, -0.05) is 39.5 Å². The Morgan fingerprint density at radius 2 is 1.41 bits per heavy atom. The Hall–Kier alpha value is 0.790. The first-order valence-corrected chi connectivity index (χ1v) is 9.38. The van der Waals surface area contributed by atoms with Gasteiger partial charge in [0.25, 0.3) is 0 Å². The zero-order valence-electron chi connectivity index (χ0n) is 14.2. The van der Waals surface area contributed by atoms with E-state index in [-0.39, 0.29) is 61.4 Å². The van der Waals surface area contributed by atoms with Gasteiger partial charge >= 0.3 is 29.6 Å². The molecule has 0 bridgehead atoms. The van der Waals surface area contributed by atoms with Gasteiger partial charge in [0.1, 0.15) is 0 Å². The van der Waals surface area contributed by atoms with Crippen LogP contribution in [0, 0.1) is 0 Å². The standard InChI is InChI=1S/C14H31NO5S.Na/c1-3-5-7-13(11-16)15(9-10-21(18,19)20)14(12-17)8-6-4-2;/h13-14,16-17H,3-12H2,1-2H3,(H,18,19,20);/q;+1/p-1. The van der Waals surface area contributed by atoms with Crippen LogP contribution in [0.4, 0.5) is 0 Å². The Morgan fingerprint density at radius 1 is 1.00 bits per heavy atom. The van der Waals surface area contributed by atoms with Crippen LogP contribution in [-0.4, -0.2) is 65.7 Å². The molecule has 0 saturated carbocycles. The van der Waals surface area contributed by atoms with Crippen molar-refractivity contribution in [3.8, 4) is 0 Å². The van der Waals surface area contributed by atoms with Gasteiger partial charge in [-0.3, -0.25) is 4.90 Å². The van der Waals surface area contributed by atoms with E-state index >= 15 is 0 Å². The summed E-state index contributed by atoms with van der Waals surface area (Å²) in [4.78, 5) is 1.81. The predicted octanol–water partition coefficient (Wildman–Crippen LogP) is -2.06. The first-order chi connectivity index (χ1) is 9.89. The maximum absolute atomic E-state index is 10.9. The Balaban J connectivity index is 0. The molecule has 2 N–H and O–H groups in total. The molecule has 0 radical (unpaired) electrons. The van der Waals surface area contributed by atoms with Crippen molar-refractivity contribution >= 4 is 10.1 Å². The second kappa shape index (κ2) is 14.2. The first kappa shape index (κ1) is 25.0. The van der Waals surface area contributed by atoms with Crippen molar-refractivity contribution in [3.63, 3.8) is 0 Å². The Morgan fingerprint density at radius 3 is 1.68 bits per heavy atom. The fourth-order valence-electron chi connectivity index (χ4n) is 2.48. The Bertz CT molecular complexity index is 337. The van der Waals surface area contributed by atoms with Crippen LogP contribution in [0.2, 0.25) is 0 Å². The van der Waals surface area contributed by atoms with Crippen molar-refractivity contribution in [1.82, 2.24) is 4.90 Å². The fourth-order valence-corrected chi connectivity index (χ4v) is 2.92. The molecule has 0 aromatic rings. The SMILES string of the molecule is CCCCC(CO)N(CCS(=O)(=O)[O-])C(CO)CCCC.[Na+]. The summed E-state index contributed by atoms with van der Waals surface area (Å²) in [5.74, 6) is -0.488. The molecule has 2 atom stereocenters. The van der Waals surface area contributed by atoms with Gasteiger partial charge in [-0.25, -0.2) is 8.42 Å². The van der Waals surface area contributed by atoms with Crippen molar-refractivity contribution in [1.29, 1.82) is 0 Å². The van der Waals surface area contributed by atoms with Gasteiger partial charge in [0.15, 0.2) is 0 Å². The minimum atomic E-state index is -4.30. The number of rotatable bonds is 13. The molecule has 0 aromatic heterocycles. The number of hydrogen-bond donors (Lipinski definition) is 2. The van der Waals surface area contributed by atoms with Crippen molar-refractivity contribution < 1.29 is 52.7 Å².